The predicted molar refractivity (Wildman–Crippen MR) is 75.5 cm³/mol. The first-order valence-corrected chi connectivity index (χ1v) is 7.63. The molecule has 6 nitrogen and oxygen atoms in total. The molecule has 0 radical (unpaired) electrons. The van der Waals surface area contributed by atoms with Crippen LogP contribution >= 0.6 is 0 Å². The van der Waals surface area contributed by atoms with Crippen molar-refractivity contribution in [3.05, 3.63) is 12.2 Å². The van der Waals surface area contributed by atoms with Crippen LogP contribution in [0.1, 0.15) is 26.7 Å². The van der Waals surface area contributed by atoms with Gasteiger partial charge in [0.05, 0.1) is 20.6 Å². The zero-order valence-corrected chi connectivity index (χ0v) is 12.7. The average Bonchev–Trinajstić information content (AvgIpc) is 2.23. The summed E-state index contributed by atoms with van der Waals surface area (Å²) in [7, 11) is -0.634. The second kappa shape index (κ2) is 7.52. The standard InChI is InChI=1S/C12H22N2O4S/c1-5-8-11(15)13-9-7-10-14(3,4)12(6-2)19(16,17)18/h5,8-9,12H,6-7,10H2,1-4H3/p+1. The number of carbonyl (C=O) groups is 1. The fourth-order valence-electron chi connectivity index (χ4n) is 1.94. The number of nitrogens with zero attached hydrogens (tertiary/aromatic N) is 2. The van der Waals surface area contributed by atoms with Crippen LogP contribution in [-0.2, 0) is 14.9 Å². The van der Waals surface area contributed by atoms with Gasteiger partial charge < -0.3 is 4.48 Å². The zero-order valence-electron chi connectivity index (χ0n) is 11.9. The lowest BCUT2D eigenvalue weighted by Crippen LogP contribution is -2.52. The molecule has 0 saturated carbocycles. The summed E-state index contributed by atoms with van der Waals surface area (Å²) in [6, 6.07) is 0. The van der Waals surface area contributed by atoms with E-state index >= 15 is 0 Å². The van der Waals surface area contributed by atoms with Crippen LogP contribution in [0.5, 0.6) is 0 Å². The third-order valence-corrected chi connectivity index (χ3v) is 4.43. The lowest BCUT2D eigenvalue weighted by molar-refractivity contribution is -0.901. The maximum atomic E-state index is 11.3. The van der Waals surface area contributed by atoms with E-state index in [0.29, 0.717) is 19.4 Å². The first kappa shape index (κ1) is 17.9. The van der Waals surface area contributed by atoms with Gasteiger partial charge in [0.25, 0.3) is 5.91 Å². The van der Waals surface area contributed by atoms with Crippen LogP contribution in [0.4, 0.5) is 0 Å². The minimum atomic E-state index is -4.09. The van der Waals surface area contributed by atoms with Crippen molar-refractivity contribution in [2.45, 2.75) is 32.1 Å². The van der Waals surface area contributed by atoms with Crippen LogP contribution in [0.15, 0.2) is 17.1 Å². The lowest BCUT2D eigenvalue weighted by Gasteiger charge is -2.35. The number of rotatable bonds is 7. The third-order valence-electron chi connectivity index (χ3n) is 2.83. The van der Waals surface area contributed by atoms with E-state index in [1.807, 2.05) is 0 Å². The Morgan fingerprint density at radius 2 is 2.00 bits per heavy atom. The van der Waals surface area contributed by atoms with Gasteiger partial charge in [-0.25, -0.2) is 4.99 Å². The first-order chi connectivity index (χ1) is 8.65. The molecule has 0 aromatic heterocycles. The van der Waals surface area contributed by atoms with E-state index in [1.165, 1.54) is 12.3 Å². The molecule has 0 aliphatic rings. The summed E-state index contributed by atoms with van der Waals surface area (Å²) in [5, 5.41) is -0.868. The molecule has 0 aliphatic carbocycles. The van der Waals surface area contributed by atoms with E-state index in [0.717, 1.165) is 0 Å². The molecule has 0 aromatic carbocycles. The van der Waals surface area contributed by atoms with E-state index in [-0.39, 0.29) is 10.4 Å². The number of aliphatic imine (C=N–C) groups is 1. The molecule has 1 unspecified atom stereocenters. The Labute approximate surface area is 115 Å². The summed E-state index contributed by atoms with van der Waals surface area (Å²) in [6.07, 6.45) is 5.20. The van der Waals surface area contributed by atoms with E-state index in [2.05, 4.69) is 4.99 Å². The summed E-state index contributed by atoms with van der Waals surface area (Å²) in [4.78, 5) is 14.8. The monoisotopic (exact) mass is 291 g/mol. The quantitative estimate of drug-likeness (QED) is 0.331. The van der Waals surface area contributed by atoms with Crippen molar-refractivity contribution in [3.8, 4) is 0 Å². The van der Waals surface area contributed by atoms with E-state index in [9.17, 15) is 17.8 Å². The van der Waals surface area contributed by atoms with Crippen molar-refractivity contribution in [3.63, 3.8) is 0 Å². The molecule has 0 aromatic rings. The summed E-state index contributed by atoms with van der Waals surface area (Å²) in [6.45, 7) is 3.90. The van der Waals surface area contributed by atoms with Crippen LogP contribution in [0.2, 0.25) is 0 Å². The summed E-state index contributed by atoms with van der Waals surface area (Å²) >= 11 is 0. The molecule has 1 amide bonds. The lowest BCUT2D eigenvalue weighted by atomic mass is 10.3. The maximum Gasteiger partial charge on any atom is 0.319 e. The number of amides is 1. The van der Waals surface area contributed by atoms with Crippen molar-refractivity contribution in [1.82, 2.24) is 0 Å². The topological polar surface area (TPSA) is 83.8 Å². The minimum absolute atomic E-state index is 0.124. The third kappa shape index (κ3) is 6.60. The highest BCUT2D eigenvalue weighted by Crippen LogP contribution is 2.16. The Balaban J connectivity index is 4.58. The van der Waals surface area contributed by atoms with Gasteiger partial charge in [-0.2, -0.15) is 8.42 Å². The van der Waals surface area contributed by atoms with Gasteiger partial charge in [-0.3, -0.25) is 9.35 Å². The summed E-state index contributed by atoms with van der Waals surface area (Å²) < 4.78 is 31.9. The highest BCUT2D eigenvalue weighted by atomic mass is 32.2. The van der Waals surface area contributed by atoms with Crippen LogP contribution in [0.3, 0.4) is 0 Å². The van der Waals surface area contributed by atoms with Crippen LogP contribution < -0.4 is 0 Å². The van der Waals surface area contributed by atoms with Gasteiger partial charge in [-0.15, -0.1) is 0 Å². The van der Waals surface area contributed by atoms with Gasteiger partial charge in [-0.05, 0) is 6.92 Å². The van der Waals surface area contributed by atoms with E-state index in [1.54, 1.807) is 34.0 Å². The average molecular weight is 291 g/mol. The molecule has 7 heteroatoms. The molecule has 0 heterocycles. The number of hydrogen-bond acceptors (Lipinski definition) is 3. The van der Waals surface area contributed by atoms with Gasteiger partial charge in [0, 0.05) is 25.1 Å². The van der Waals surface area contributed by atoms with Crippen molar-refractivity contribution in [2.24, 2.45) is 4.99 Å². The van der Waals surface area contributed by atoms with Gasteiger partial charge in [0.15, 0.2) is 0 Å². The summed E-state index contributed by atoms with van der Waals surface area (Å²) in [5.41, 5.74) is 0. The molecular formula is C12H23N2O4S+. The number of carbonyl (C=O) groups excluding carboxylic acids is 1. The summed E-state index contributed by atoms with van der Waals surface area (Å²) in [5.74, 6) is -0.338. The number of hydrogen-bond donors (Lipinski definition) is 1. The predicted octanol–water partition coefficient (Wildman–Crippen LogP) is 1.25. The molecule has 1 N–H and O–H groups in total. The fraction of sp³-hybridized carbons (Fsp3) is 0.667. The molecular weight excluding hydrogens is 268 g/mol. The second-order valence-electron chi connectivity index (χ2n) is 4.82. The van der Waals surface area contributed by atoms with Gasteiger partial charge in [0.2, 0.25) is 5.37 Å². The van der Waals surface area contributed by atoms with Gasteiger partial charge in [0.1, 0.15) is 0 Å². The highest BCUT2D eigenvalue weighted by Gasteiger charge is 2.36. The first-order valence-electron chi connectivity index (χ1n) is 6.13. The van der Waals surface area contributed by atoms with Gasteiger partial charge in [-0.1, -0.05) is 13.0 Å². The van der Waals surface area contributed by atoms with E-state index < -0.39 is 15.5 Å². The Kier molecular flexibility index (Phi) is 7.10. The highest BCUT2D eigenvalue weighted by molar-refractivity contribution is 7.86. The van der Waals surface area contributed by atoms with Crippen LogP contribution in [-0.4, -0.2) is 55.6 Å². The Bertz CT molecular complexity index is 452. The minimum Gasteiger partial charge on any atom is -0.311 e. The molecule has 0 aliphatic heterocycles. The number of allylic oxidation sites excluding steroid dienone is 1. The molecule has 110 valence electrons. The van der Waals surface area contributed by atoms with Crippen molar-refractivity contribution in [2.75, 3.05) is 20.6 Å². The Morgan fingerprint density at radius 1 is 1.42 bits per heavy atom. The smallest absolute Gasteiger partial charge is 0.311 e. The van der Waals surface area contributed by atoms with Gasteiger partial charge >= 0.3 is 10.1 Å². The largest absolute Gasteiger partial charge is 0.319 e. The van der Waals surface area contributed by atoms with Crippen molar-refractivity contribution >= 4 is 22.2 Å². The normalized spacial score (nSPS) is 15.2. The SMILES string of the molecule is CC=CC(=O)N=CCC[N+](C)(C)C(CC)S(=O)(=O)O. The van der Waals surface area contributed by atoms with Crippen LogP contribution in [0, 0.1) is 0 Å². The second-order valence-corrected chi connectivity index (χ2v) is 6.39. The molecule has 19 heavy (non-hydrogen) atoms. The molecule has 1 atom stereocenters. The number of quaternary nitrogens is 1. The van der Waals surface area contributed by atoms with Crippen molar-refractivity contribution in [1.29, 1.82) is 0 Å². The molecule has 0 fully saturated rings. The Morgan fingerprint density at radius 3 is 2.42 bits per heavy atom. The van der Waals surface area contributed by atoms with E-state index in [4.69, 9.17) is 0 Å². The fourth-order valence-corrected chi connectivity index (χ4v) is 3.19. The Hall–Kier alpha value is -1.05. The molecule has 0 bridgehead atoms. The van der Waals surface area contributed by atoms with Crippen LogP contribution in [0.25, 0.3) is 0 Å². The molecule has 0 saturated heterocycles. The molecule has 0 spiro atoms. The zero-order chi connectivity index (χ0) is 15.1. The van der Waals surface area contributed by atoms with Crippen molar-refractivity contribution < 1.29 is 22.2 Å². The maximum absolute atomic E-state index is 11.3. The molecule has 0 rings (SSSR count).